The fourth-order valence-corrected chi connectivity index (χ4v) is 5.65. The van der Waals surface area contributed by atoms with Crippen LogP contribution in [0.4, 0.5) is 0 Å². The Hall–Kier alpha value is -4.09. The number of sulfone groups is 1. The van der Waals surface area contributed by atoms with Gasteiger partial charge in [0.05, 0.1) is 9.79 Å². The summed E-state index contributed by atoms with van der Waals surface area (Å²) < 4.78 is 26.5. The first-order valence-electron chi connectivity index (χ1n) is 10.7. The number of nitrogens with one attached hydrogen (secondary N) is 2. The van der Waals surface area contributed by atoms with Gasteiger partial charge < -0.3 is 9.97 Å². The number of benzene rings is 4. The van der Waals surface area contributed by atoms with Crippen LogP contribution in [0.15, 0.2) is 119 Å². The molecule has 0 aliphatic rings. The van der Waals surface area contributed by atoms with Gasteiger partial charge in [-0.2, -0.15) is 0 Å². The van der Waals surface area contributed by atoms with Crippen LogP contribution in [-0.2, 0) is 9.84 Å². The van der Waals surface area contributed by atoms with Crippen LogP contribution in [0, 0.1) is 0 Å². The molecule has 0 radical (unpaired) electrons. The van der Waals surface area contributed by atoms with E-state index in [2.05, 4.69) is 22.1 Å². The molecule has 0 atom stereocenters. The molecule has 0 spiro atoms. The van der Waals surface area contributed by atoms with Crippen molar-refractivity contribution < 1.29 is 8.42 Å². The van der Waals surface area contributed by atoms with E-state index in [0.29, 0.717) is 0 Å². The van der Waals surface area contributed by atoms with Crippen molar-refractivity contribution in [1.82, 2.24) is 9.97 Å². The molecule has 6 aromatic rings. The van der Waals surface area contributed by atoms with E-state index < -0.39 is 9.84 Å². The summed E-state index contributed by atoms with van der Waals surface area (Å²) in [4.78, 5) is 7.10. The number of rotatable bonds is 4. The molecule has 0 saturated heterocycles. The largest absolute Gasteiger partial charge is 0.361 e. The third-order valence-corrected chi connectivity index (χ3v) is 7.92. The Bertz CT molecular complexity index is 1580. The predicted octanol–water partition coefficient (Wildman–Crippen LogP) is 6.82. The van der Waals surface area contributed by atoms with Gasteiger partial charge in [-0.25, -0.2) is 8.42 Å². The van der Waals surface area contributed by atoms with Crippen molar-refractivity contribution >= 4 is 31.6 Å². The smallest absolute Gasteiger partial charge is 0.206 e. The number of hydrogen-bond acceptors (Lipinski definition) is 2. The second-order valence-electron chi connectivity index (χ2n) is 8.05. The number of H-pyrrole nitrogens is 2. The third-order valence-electron chi connectivity index (χ3n) is 6.13. The molecule has 5 heteroatoms. The molecular weight excluding hydrogens is 428 g/mol. The molecule has 0 bridgehead atoms. The van der Waals surface area contributed by atoms with E-state index in [0.717, 1.165) is 44.1 Å². The van der Waals surface area contributed by atoms with Gasteiger partial charge in [-0.15, -0.1) is 0 Å². The van der Waals surface area contributed by atoms with E-state index >= 15 is 0 Å². The van der Waals surface area contributed by atoms with Gasteiger partial charge in [0.25, 0.3) is 0 Å². The minimum absolute atomic E-state index is 0.283. The predicted molar refractivity (Wildman–Crippen MR) is 133 cm³/mol. The van der Waals surface area contributed by atoms with E-state index in [1.165, 1.54) is 0 Å². The molecule has 2 heterocycles. The standard InChI is InChI=1S/C28H20N2O2S/c31-33(32,21-13-9-19(10-14-21)25-17-29-27-7-3-1-5-23(25)27)22-15-11-20(12-16-22)26-18-30-28-8-4-2-6-24(26)28/h1-18,29-30H. The van der Waals surface area contributed by atoms with E-state index in [1.54, 1.807) is 24.3 Å². The minimum Gasteiger partial charge on any atom is -0.361 e. The maximum Gasteiger partial charge on any atom is 0.206 e. The highest BCUT2D eigenvalue weighted by atomic mass is 32.2. The molecule has 4 nitrogen and oxygen atoms in total. The number of para-hydroxylation sites is 2. The minimum atomic E-state index is -3.61. The fourth-order valence-electron chi connectivity index (χ4n) is 4.38. The number of fused-ring (bicyclic) bond motifs is 2. The summed E-state index contributed by atoms with van der Waals surface area (Å²) in [6.07, 6.45) is 3.91. The second-order valence-corrected chi connectivity index (χ2v) is 10.00. The van der Waals surface area contributed by atoms with Crippen molar-refractivity contribution in [1.29, 1.82) is 0 Å². The lowest BCUT2D eigenvalue weighted by molar-refractivity contribution is 0.596. The third kappa shape index (κ3) is 3.25. The molecule has 0 unspecified atom stereocenters. The van der Waals surface area contributed by atoms with E-state index in [9.17, 15) is 8.42 Å². The van der Waals surface area contributed by atoms with Crippen LogP contribution in [0.2, 0.25) is 0 Å². The Labute approximate surface area is 191 Å². The molecular formula is C28H20N2O2S. The number of hydrogen-bond donors (Lipinski definition) is 2. The zero-order valence-electron chi connectivity index (χ0n) is 17.6. The van der Waals surface area contributed by atoms with Gasteiger partial charge in [0.1, 0.15) is 0 Å². The van der Waals surface area contributed by atoms with Gasteiger partial charge >= 0.3 is 0 Å². The Morgan fingerprint density at radius 3 is 1.30 bits per heavy atom. The van der Waals surface area contributed by atoms with E-state index in [-0.39, 0.29) is 9.79 Å². The summed E-state index contributed by atoms with van der Waals surface area (Å²) >= 11 is 0. The highest BCUT2D eigenvalue weighted by Crippen LogP contribution is 2.32. The molecule has 2 N–H and O–H groups in total. The maximum atomic E-state index is 13.2. The zero-order chi connectivity index (χ0) is 22.4. The molecule has 6 rings (SSSR count). The van der Waals surface area contributed by atoms with Crippen LogP contribution in [0.5, 0.6) is 0 Å². The summed E-state index contributed by atoms with van der Waals surface area (Å²) in [6.45, 7) is 0. The topological polar surface area (TPSA) is 65.7 Å². The van der Waals surface area contributed by atoms with Gasteiger partial charge in [-0.05, 0) is 47.5 Å². The van der Waals surface area contributed by atoms with Crippen LogP contribution in [-0.4, -0.2) is 18.4 Å². The van der Waals surface area contributed by atoms with Gasteiger partial charge in [0.2, 0.25) is 9.84 Å². The number of aromatic nitrogens is 2. The van der Waals surface area contributed by atoms with Crippen molar-refractivity contribution in [2.75, 3.05) is 0 Å². The van der Waals surface area contributed by atoms with Gasteiger partial charge in [-0.1, -0.05) is 60.7 Å². The highest BCUT2D eigenvalue weighted by molar-refractivity contribution is 7.91. The van der Waals surface area contributed by atoms with Gasteiger partial charge in [-0.3, -0.25) is 0 Å². The summed E-state index contributed by atoms with van der Waals surface area (Å²) in [6, 6.07) is 30.3. The molecule has 0 aliphatic heterocycles. The Balaban J connectivity index is 1.32. The number of aromatic amines is 2. The summed E-state index contributed by atoms with van der Waals surface area (Å²) in [7, 11) is -3.61. The highest BCUT2D eigenvalue weighted by Gasteiger charge is 2.18. The molecule has 4 aromatic carbocycles. The van der Waals surface area contributed by atoms with Gasteiger partial charge in [0.15, 0.2) is 0 Å². The summed E-state index contributed by atoms with van der Waals surface area (Å²) in [5.74, 6) is 0. The molecule has 33 heavy (non-hydrogen) atoms. The molecule has 0 saturated carbocycles. The van der Waals surface area contributed by atoms with Crippen molar-refractivity contribution in [3.63, 3.8) is 0 Å². The van der Waals surface area contributed by atoms with Crippen LogP contribution < -0.4 is 0 Å². The molecule has 0 amide bonds. The summed E-state index contributed by atoms with van der Waals surface area (Å²) in [5.41, 5.74) is 6.16. The quantitative estimate of drug-likeness (QED) is 0.311. The van der Waals surface area contributed by atoms with Crippen LogP contribution in [0.3, 0.4) is 0 Å². The second kappa shape index (κ2) is 7.50. The van der Waals surface area contributed by atoms with Crippen molar-refractivity contribution in [2.24, 2.45) is 0 Å². The van der Waals surface area contributed by atoms with Crippen molar-refractivity contribution in [3.8, 4) is 22.3 Å². The molecule has 0 aliphatic carbocycles. The average molecular weight is 449 g/mol. The maximum absolute atomic E-state index is 13.2. The Morgan fingerprint density at radius 1 is 0.485 bits per heavy atom. The van der Waals surface area contributed by atoms with E-state index in [4.69, 9.17) is 0 Å². The normalized spacial score (nSPS) is 11.9. The van der Waals surface area contributed by atoms with Crippen LogP contribution in [0.1, 0.15) is 0 Å². The first-order chi connectivity index (χ1) is 16.1. The first-order valence-corrected chi connectivity index (χ1v) is 12.2. The molecule has 2 aromatic heterocycles. The SMILES string of the molecule is O=S(=O)(c1ccc(-c2c[nH]c3ccccc23)cc1)c1ccc(-c2c[nH]c3ccccc23)cc1. The Kier molecular flexibility index (Phi) is 4.45. The monoisotopic (exact) mass is 448 g/mol. The first kappa shape index (κ1) is 19.6. The lowest BCUT2D eigenvalue weighted by Crippen LogP contribution is -2.01. The summed E-state index contributed by atoms with van der Waals surface area (Å²) in [5, 5.41) is 2.22. The van der Waals surface area contributed by atoms with E-state index in [1.807, 2.05) is 73.1 Å². The van der Waals surface area contributed by atoms with Crippen molar-refractivity contribution in [3.05, 3.63) is 109 Å². The van der Waals surface area contributed by atoms with Crippen molar-refractivity contribution in [2.45, 2.75) is 9.79 Å². The lowest BCUT2D eigenvalue weighted by atomic mass is 10.1. The molecule has 0 fully saturated rings. The fraction of sp³-hybridized carbons (Fsp3) is 0. The average Bonchev–Trinajstić information content (AvgIpc) is 3.49. The zero-order valence-corrected chi connectivity index (χ0v) is 18.4. The van der Waals surface area contributed by atoms with Gasteiger partial charge in [0, 0.05) is 45.3 Å². The molecule has 160 valence electrons. The van der Waals surface area contributed by atoms with Crippen LogP contribution in [0.25, 0.3) is 44.1 Å². The Morgan fingerprint density at radius 2 is 0.879 bits per heavy atom. The van der Waals surface area contributed by atoms with Crippen LogP contribution >= 0.6 is 0 Å². The lowest BCUT2D eigenvalue weighted by Gasteiger charge is -2.07.